The van der Waals surface area contributed by atoms with E-state index in [1.807, 2.05) is 0 Å². The summed E-state index contributed by atoms with van der Waals surface area (Å²) in [4.78, 5) is 0. The van der Waals surface area contributed by atoms with E-state index in [0.29, 0.717) is 24.0 Å². The van der Waals surface area contributed by atoms with E-state index in [0.717, 1.165) is 6.54 Å². The van der Waals surface area contributed by atoms with Crippen molar-refractivity contribution in [3.8, 4) is 0 Å². The van der Waals surface area contributed by atoms with Crippen molar-refractivity contribution in [2.24, 2.45) is 5.92 Å². The predicted molar refractivity (Wildman–Crippen MR) is 40.4 cm³/mol. The highest BCUT2D eigenvalue weighted by atomic mass is 32.2. The van der Waals surface area contributed by atoms with Crippen molar-refractivity contribution < 1.29 is 8.42 Å². The van der Waals surface area contributed by atoms with Crippen LogP contribution < -0.4 is 5.32 Å². The lowest BCUT2D eigenvalue weighted by Crippen LogP contribution is -2.42. The van der Waals surface area contributed by atoms with Crippen molar-refractivity contribution in [1.82, 2.24) is 5.32 Å². The molecule has 0 bridgehead atoms. The summed E-state index contributed by atoms with van der Waals surface area (Å²) >= 11 is 0. The summed E-state index contributed by atoms with van der Waals surface area (Å²) in [6.45, 7) is 5.06. The Kier molecular flexibility index (Phi) is 2.31. The maximum absolute atomic E-state index is 10.6. The molecule has 0 aromatic carbocycles. The van der Waals surface area contributed by atoms with E-state index >= 15 is 0 Å². The third-order valence-corrected chi connectivity index (χ3v) is 3.55. The Morgan fingerprint density at radius 2 is 2.10 bits per heavy atom. The Labute approximate surface area is 61.7 Å². The molecular formula is C6H12NO2S. The van der Waals surface area contributed by atoms with Gasteiger partial charge in [0.05, 0.1) is 11.5 Å². The highest BCUT2D eigenvalue weighted by Gasteiger charge is 2.32. The molecule has 0 aromatic rings. The summed E-state index contributed by atoms with van der Waals surface area (Å²) in [7, 11) is -2.62. The van der Waals surface area contributed by atoms with Gasteiger partial charge in [0, 0.05) is 0 Å². The van der Waals surface area contributed by atoms with Gasteiger partial charge in [-0.2, -0.15) is 0 Å². The van der Waals surface area contributed by atoms with E-state index < -0.39 is 9.84 Å². The maximum Gasteiger partial charge on any atom is 0.151 e. The average molecular weight is 162 g/mol. The fourth-order valence-electron chi connectivity index (χ4n) is 1.09. The van der Waals surface area contributed by atoms with Crippen LogP contribution in [0.1, 0.15) is 0 Å². The molecule has 0 spiro atoms. The van der Waals surface area contributed by atoms with Crippen LogP contribution >= 0.6 is 0 Å². The lowest BCUT2D eigenvalue weighted by molar-refractivity contribution is 0.499. The van der Waals surface area contributed by atoms with Gasteiger partial charge in [-0.15, -0.1) is 0 Å². The van der Waals surface area contributed by atoms with Crippen LogP contribution in [0, 0.1) is 12.8 Å². The quantitative estimate of drug-likeness (QED) is 0.606. The summed E-state index contributed by atoms with van der Waals surface area (Å²) in [5.74, 6) is 1.06. The van der Waals surface area contributed by atoms with Crippen LogP contribution in [0.4, 0.5) is 0 Å². The number of hydrogen-bond donors (Lipinski definition) is 1. The molecule has 0 amide bonds. The van der Waals surface area contributed by atoms with Crippen molar-refractivity contribution in [1.29, 1.82) is 0 Å². The molecule has 0 atom stereocenters. The summed E-state index contributed by atoms with van der Waals surface area (Å²) in [5.41, 5.74) is 0. The smallest absolute Gasteiger partial charge is 0.151 e. The molecule has 1 saturated heterocycles. The fraction of sp³-hybridized carbons (Fsp3) is 0.833. The Morgan fingerprint density at radius 3 is 2.50 bits per heavy atom. The zero-order chi connectivity index (χ0) is 7.61. The Balaban J connectivity index is 2.15. The lowest BCUT2D eigenvalue weighted by atomic mass is 10.2. The molecule has 1 radical (unpaired) electrons. The van der Waals surface area contributed by atoms with Crippen LogP contribution in [0.25, 0.3) is 0 Å². The maximum atomic E-state index is 10.6. The molecular weight excluding hydrogens is 150 g/mol. The molecule has 3 nitrogen and oxygen atoms in total. The number of sulfone groups is 1. The predicted octanol–water partition coefficient (Wildman–Crippen LogP) is -0.545. The monoisotopic (exact) mass is 162 g/mol. The van der Waals surface area contributed by atoms with Gasteiger partial charge >= 0.3 is 0 Å². The van der Waals surface area contributed by atoms with Gasteiger partial charge in [0.2, 0.25) is 0 Å². The van der Waals surface area contributed by atoms with E-state index in [1.165, 1.54) is 0 Å². The van der Waals surface area contributed by atoms with Crippen LogP contribution in [-0.2, 0) is 9.84 Å². The molecule has 0 aromatic heterocycles. The second-order valence-electron chi connectivity index (χ2n) is 2.65. The van der Waals surface area contributed by atoms with Gasteiger partial charge in [-0.3, -0.25) is 0 Å². The topological polar surface area (TPSA) is 46.2 Å². The van der Waals surface area contributed by atoms with Crippen LogP contribution in [0.3, 0.4) is 0 Å². The Hall–Kier alpha value is -0.0900. The first-order valence-electron chi connectivity index (χ1n) is 3.34. The van der Waals surface area contributed by atoms with Gasteiger partial charge in [-0.05, 0) is 25.9 Å². The molecule has 1 heterocycles. The zero-order valence-electron chi connectivity index (χ0n) is 5.84. The SMILES string of the molecule is [CH2]CNCC1CS(=O)(=O)C1. The third-order valence-electron chi connectivity index (χ3n) is 1.59. The summed E-state index contributed by atoms with van der Waals surface area (Å²) in [6.07, 6.45) is 0. The van der Waals surface area contributed by atoms with Gasteiger partial charge in [-0.1, -0.05) is 0 Å². The van der Waals surface area contributed by atoms with E-state index in [9.17, 15) is 8.42 Å². The van der Waals surface area contributed by atoms with Crippen molar-refractivity contribution in [2.45, 2.75) is 0 Å². The van der Waals surface area contributed by atoms with Crippen LogP contribution in [0.15, 0.2) is 0 Å². The van der Waals surface area contributed by atoms with E-state index in [1.54, 1.807) is 0 Å². The molecule has 1 aliphatic rings. The molecule has 0 aliphatic carbocycles. The van der Waals surface area contributed by atoms with Crippen LogP contribution in [0.2, 0.25) is 0 Å². The van der Waals surface area contributed by atoms with Gasteiger partial charge in [-0.25, -0.2) is 8.42 Å². The van der Waals surface area contributed by atoms with Crippen molar-refractivity contribution in [3.05, 3.63) is 6.92 Å². The first kappa shape index (κ1) is 8.01. The summed E-state index contributed by atoms with van der Waals surface area (Å²) in [6, 6.07) is 0. The first-order valence-corrected chi connectivity index (χ1v) is 5.16. The highest BCUT2D eigenvalue weighted by Crippen LogP contribution is 2.16. The molecule has 10 heavy (non-hydrogen) atoms. The first-order chi connectivity index (χ1) is 4.64. The van der Waals surface area contributed by atoms with Gasteiger partial charge in [0.15, 0.2) is 9.84 Å². The molecule has 0 unspecified atom stereocenters. The fourth-order valence-corrected chi connectivity index (χ4v) is 2.67. The average Bonchev–Trinajstić information content (AvgIpc) is 1.78. The second-order valence-corrected chi connectivity index (χ2v) is 4.80. The van der Waals surface area contributed by atoms with Gasteiger partial charge in [0.25, 0.3) is 0 Å². The summed E-state index contributed by atoms with van der Waals surface area (Å²) in [5, 5.41) is 3.01. The van der Waals surface area contributed by atoms with E-state index in [4.69, 9.17) is 0 Å². The van der Waals surface area contributed by atoms with Crippen LogP contribution in [-0.4, -0.2) is 33.0 Å². The summed E-state index contributed by atoms with van der Waals surface area (Å²) < 4.78 is 21.2. The Morgan fingerprint density at radius 1 is 1.50 bits per heavy atom. The third kappa shape index (κ3) is 1.95. The van der Waals surface area contributed by atoms with Crippen molar-refractivity contribution in [2.75, 3.05) is 24.6 Å². The largest absolute Gasteiger partial charge is 0.316 e. The number of rotatable bonds is 3. The van der Waals surface area contributed by atoms with E-state index in [-0.39, 0.29) is 0 Å². The number of nitrogens with one attached hydrogen (secondary N) is 1. The molecule has 1 rings (SSSR count). The minimum Gasteiger partial charge on any atom is -0.316 e. The second kappa shape index (κ2) is 2.88. The molecule has 1 N–H and O–H groups in total. The standard InChI is InChI=1S/C6H12NO2S/c1-2-7-3-6-4-10(8,9)5-6/h6-7H,1-5H2. The van der Waals surface area contributed by atoms with Gasteiger partial charge in [0.1, 0.15) is 0 Å². The lowest BCUT2D eigenvalue weighted by Gasteiger charge is -2.25. The van der Waals surface area contributed by atoms with Gasteiger partial charge < -0.3 is 5.32 Å². The molecule has 1 fully saturated rings. The van der Waals surface area contributed by atoms with Crippen molar-refractivity contribution >= 4 is 9.84 Å². The Bertz CT molecular complexity index is 186. The highest BCUT2D eigenvalue weighted by molar-refractivity contribution is 7.92. The van der Waals surface area contributed by atoms with E-state index in [2.05, 4.69) is 12.2 Å². The molecule has 0 saturated carbocycles. The minimum absolute atomic E-state index is 0.340. The molecule has 1 aliphatic heterocycles. The zero-order valence-corrected chi connectivity index (χ0v) is 6.65. The molecule has 4 heteroatoms. The number of hydrogen-bond acceptors (Lipinski definition) is 3. The molecule has 59 valence electrons. The normalized spacial score (nSPS) is 24.1. The van der Waals surface area contributed by atoms with Crippen LogP contribution in [0.5, 0.6) is 0 Å². The van der Waals surface area contributed by atoms with Crippen molar-refractivity contribution in [3.63, 3.8) is 0 Å². The minimum atomic E-state index is -2.62.